The molecule has 4 nitrogen and oxygen atoms in total. The van der Waals surface area contributed by atoms with E-state index in [4.69, 9.17) is 0 Å². The monoisotopic (exact) mass is 206 g/mol. The van der Waals surface area contributed by atoms with E-state index < -0.39 is 10.0 Å². The van der Waals surface area contributed by atoms with Crippen molar-refractivity contribution in [2.45, 2.75) is 19.8 Å². The maximum atomic E-state index is 11.6. The summed E-state index contributed by atoms with van der Waals surface area (Å²) in [5, 5.41) is 3.19. The van der Waals surface area contributed by atoms with Crippen molar-refractivity contribution >= 4 is 10.0 Å². The summed E-state index contributed by atoms with van der Waals surface area (Å²) in [5.41, 5.74) is 0. The Morgan fingerprint density at radius 2 is 2.08 bits per heavy atom. The Bertz CT molecular complexity index is 231. The maximum Gasteiger partial charge on any atom is 0.214 e. The first-order valence-electron chi connectivity index (χ1n) is 4.85. The van der Waals surface area contributed by atoms with Gasteiger partial charge in [0.05, 0.1) is 5.75 Å². The molecule has 1 saturated heterocycles. The summed E-state index contributed by atoms with van der Waals surface area (Å²) in [6.45, 7) is 4.91. The molecule has 0 aliphatic carbocycles. The van der Waals surface area contributed by atoms with E-state index in [-0.39, 0.29) is 5.75 Å². The van der Waals surface area contributed by atoms with Crippen LogP contribution in [0.5, 0.6) is 0 Å². The van der Waals surface area contributed by atoms with Crippen molar-refractivity contribution in [3.63, 3.8) is 0 Å². The molecule has 0 aromatic rings. The van der Waals surface area contributed by atoms with E-state index in [0.29, 0.717) is 19.5 Å². The number of rotatable bonds is 3. The van der Waals surface area contributed by atoms with Gasteiger partial charge >= 0.3 is 0 Å². The lowest BCUT2D eigenvalue weighted by atomic mass is 10.4. The van der Waals surface area contributed by atoms with Gasteiger partial charge in [0.25, 0.3) is 0 Å². The Hall–Kier alpha value is -0.130. The number of nitrogens with zero attached hydrogens (tertiary/aromatic N) is 1. The molecule has 0 saturated carbocycles. The van der Waals surface area contributed by atoms with Crippen LogP contribution >= 0.6 is 0 Å². The highest BCUT2D eigenvalue weighted by molar-refractivity contribution is 7.89. The second-order valence-electron chi connectivity index (χ2n) is 3.32. The first kappa shape index (κ1) is 10.9. The van der Waals surface area contributed by atoms with E-state index in [9.17, 15) is 8.42 Å². The van der Waals surface area contributed by atoms with E-state index in [0.717, 1.165) is 19.5 Å². The standard InChI is InChI=1S/C8H18N2O2S/c1-2-8-13(11,12)10-6-3-4-9-5-7-10/h9H,2-8H2,1H3. The topological polar surface area (TPSA) is 49.4 Å². The Morgan fingerprint density at radius 1 is 1.31 bits per heavy atom. The predicted molar refractivity (Wildman–Crippen MR) is 53.1 cm³/mol. The van der Waals surface area contributed by atoms with E-state index in [2.05, 4.69) is 5.32 Å². The summed E-state index contributed by atoms with van der Waals surface area (Å²) in [5.74, 6) is 0.285. The van der Waals surface area contributed by atoms with Gasteiger partial charge in [0.1, 0.15) is 0 Å². The van der Waals surface area contributed by atoms with Crippen molar-refractivity contribution in [2.24, 2.45) is 0 Å². The number of sulfonamides is 1. The minimum atomic E-state index is -2.96. The SMILES string of the molecule is CCCS(=O)(=O)N1CCCNCC1. The molecule has 78 valence electrons. The van der Waals surface area contributed by atoms with E-state index in [1.54, 1.807) is 4.31 Å². The van der Waals surface area contributed by atoms with Gasteiger partial charge in [-0.15, -0.1) is 0 Å². The molecular weight excluding hydrogens is 188 g/mol. The van der Waals surface area contributed by atoms with E-state index >= 15 is 0 Å². The number of hydrogen-bond acceptors (Lipinski definition) is 3. The molecule has 0 atom stereocenters. The van der Waals surface area contributed by atoms with Gasteiger partial charge in [0.2, 0.25) is 10.0 Å². The second-order valence-corrected chi connectivity index (χ2v) is 5.41. The van der Waals surface area contributed by atoms with Gasteiger partial charge in [-0.05, 0) is 19.4 Å². The van der Waals surface area contributed by atoms with Crippen LogP contribution < -0.4 is 5.32 Å². The third-order valence-electron chi connectivity index (χ3n) is 2.15. The Labute approximate surface area is 80.4 Å². The zero-order valence-corrected chi connectivity index (χ0v) is 8.94. The summed E-state index contributed by atoms with van der Waals surface area (Å²) < 4.78 is 24.9. The molecule has 1 N–H and O–H groups in total. The Morgan fingerprint density at radius 3 is 2.77 bits per heavy atom. The van der Waals surface area contributed by atoms with Crippen molar-refractivity contribution in [3.8, 4) is 0 Å². The van der Waals surface area contributed by atoms with Crippen LogP contribution in [0.25, 0.3) is 0 Å². The van der Waals surface area contributed by atoms with Gasteiger partial charge in [0.15, 0.2) is 0 Å². The van der Waals surface area contributed by atoms with Crippen molar-refractivity contribution in [2.75, 3.05) is 31.9 Å². The molecule has 0 aromatic carbocycles. The first-order valence-corrected chi connectivity index (χ1v) is 6.46. The first-order chi connectivity index (χ1) is 6.17. The van der Waals surface area contributed by atoms with Gasteiger partial charge in [-0.3, -0.25) is 0 Å². The lowest BCUT2D eigenvalue weighted by Gasteiger charge is -2.18. The van der Waals surface area contributed by atoms with Gasteiger partial charge in [-0.1, -0.05) is 6.92 Å². The lowest BCUT2D eigenvalue weighted by Crippen LogP contribution is -2.35. The molecule has 0 radical (unpaired) electrons. The van der Waals surface area contributed by atoms with Crippen LogP contribution in [0.4, 0.5) is 0 Å². The molecule has 0 unspecified atom stereocenters. The second kappa shape index (κ2) is 4.93. The molecular formula is C8H18N2O2S. The normalized spacial score (nSPS) is 21.3. The van der Waals surface area contributed by atoms with Crippen LogP contribution in [0.2, 0.25) is 0 Å². The molecule has 0 bridgehead atoms. The molecule has 5 heteroatoms. The van der Waals surface area contributed by atoms with Crippen LogP contribution in [-0.2, 0) is 10.0 Å². The maximum absolute atomic E-state index is 11.6. The van der Waals surface area contributed by atoms with Crippen molar-refractivity contribution in [1.29, 1.82) is 0 Å². The zero-order valence-electron chi connectivity index (χ0n) is 8.12. The van der Waals surface area contributed by atoms with Crippen molar-refractivity contribution < 1.29 is 8.42 Å². The van der Waals surface area contributed by atoms with Gasteiger partial charge in [0, 0.05) is 19.6 Å². The zero-order chi connectivity index (χ0) is 9.73. The average molecular weight is 206 g/mol. The summed E-state index contributed by atoms with van der Waals surface area (Å²) in [7, 11) is -2.96. The molecule has 13 heavy (non-hydrogen) atoms. The van der Waals surface area contributed by atoms with Crippen LogP contribution in [0.3, 0.4) is 0 Å². The summed E-state index contributed by atoms with van der Waals surface area (Å²) in [6, 6.07) is 0. The van der Waals surface area contributed by atoms with E-state index in [1.165, 1.54) is 0 Å². The molecule has 1 aliphatic heterocycles. The van der Waals surface area contributed by atoms with Gasteiger partial charge in [-0.25, -0.2) is 12.7 Å². The molecule has 0 spiro atoms. The lowest BCUT2D eigenvalue weighted by molar-refractivity contribution is 0.431. The fourth-order valence-corrected chi connectivity index (χ4v) is 3.04. The highest BCUT2D eigenvalue weighted by atomic mass is 32.2. The summed E-state index contributed by atoms with van der Waals surface area (Å²) in [6.07, 6.45) is 1.62. The minimum absolute atomic E-state index is 0.285. The molecule has 0 aromatic heterocycles. The third kappa shape index (κ3) is 3.25. The minimum Gasteiger partial charge on any atom is -0.315 e. The van der Waals surface area contributed by atoms with E-state index in [1.807, 2.05) is 6.92 Å². The average Bonchev–Trinajstić information content (AvgIpc) is 2.31. The quantitative estimate of drug-likeness (QED) is 0.708. The number of hydrogen-bond donors (Lipinski definition) is 1. The largest absolute Gasteiger partial charge is 0.315 e. The summed E-state index contributed by atoms with van der Waals surface area (Å²) >= 11 is 0. The number of nitrogens with one attached hydrogen (secondary N) is 1. The van der Waals surface area contributed by atoms with Gasteiger partial charge < -0.3 is 5.32 Å². The van der Waals surface area contributed by atoms with Crippen molar-refractivity contribution in [3.05, 3.63) is 0 Å². The fraction of sp³-hybridized carbons (Fsp3) is 1.00. The van der Waals surface area contributed by atoms with Crippen LogP contribution in [-0.4, -0.2) is 44.7 Å². The highest BCUT2D eigenvalue weighted by Gasteiger charge is 2.21. The molecule has 1 heterocycles. The Kier molecular flexibility index (Phi) is 4.15. The van der Waals surface area contributed by atoms with Crippen LogP contribution in [0.1, 0.15) is 19.8 Å². The van der Waals surface area contributed by atoms with Crippen LogP contribution in [0, 0.1) is 0 Å². The molecule has 1 aliphatic rings. The summed E-state index contributed by atoms with van der Waals surface area (Å²) in [4.78, 5) is 0. The predicted octanol–water partition coefficient (Wildman–Crippen LogP) is 0.0215. The molecule has 1 fully saturated rings. The molecule has 0 amide bonds. The fourth-order valence-electron chi connectivity index (χ4n) is 1.49. The van der Waals surface area contributed by atoms with Gasteiger partial charge in [-0.2, -0.15) is 0 Å². The highest BCUT2D eigenvalue weighted by Crippen LogP contribution is 2.05. The Balaban J connectivity index is 2.57. The molecule has 1 rings (SSSR count). The third-order valence-corrected chi connectivity index (χ3v) is 4.23. The van der Waals surface area contributed by atoms with Crippen molar-refractivity contribution in [1.82, 2.24) is 9.62 Å². The van der Waals surface area contributed by atoms with Crippen LogP contribution in [0.15, 0.2) is 0 Å². The smallest absolute Gasteiger partial charge is 0.214 e.